The highest BCUT2D eigenvalue weighted by Gasteiger charge is 2.45. The minimum atomic E-state index is -0.608. The van der Waals surface area contributed by atoms with Crippen LogP contribution in [0.2, 0.25) is 0 Å². The Morgan fingerprint density at radius 2 is 1.96 bits per heavy atom. The Bertz CT molecular complexity index is 882. The van der Waals surface area contributed by atoms with Gasteiger partial charge in [-0.05, 0) is 17.7 Å². The third-order valence-electron chi connectivity index (χ3n) is 5.42. The van der Waals surface area contributed by atoms with E-state index in [0.29, 0.717) is 24.9 Å². The average molecular weight is 378 g/mol. The molecule has 0 radical (unpaired) electrons. The van der Waals surface area contributed by atoms with Crippen LogP contribution in [0.3, 0.4) is 0 Å². The second-order valence-electron chi connectivity index (χ2n) is 7.38. The number of ether oxygens (including phenoxy) is 1. The molecule has 28 heavy (non-hydrogen) atoms. The fraction of sp³-hybridized carbons (Fsp3) is 0.304. The molecule has 4 rings (SSSR count). The van der Waals surface area contributed by atoms with Crippen LogP contribution in [-0.2, 0) is 22.6 Å². The maximum atomic E-state index is 14.1. The maximum Gasteiger partial charge on any atom is 0.220 e. The summed E-state index contributed by atoms with van der Waals surface area (Å²) >= 11 is 0. The third kappa shape index (κ3) is 3.90. The summed E-state index contributed by atoms with van der Waals surface area (Å²) < 4.78 is 20.4. The van der Waals surface area contributed by atoms with Crippen LogP contribution in [0.4, 0.5) is 4.39 Å². The summed E-state index contributed by atoms with van der Waals surface area (Å²) in [7, 11) is 0. The number of carbonyl (C=O) groups excluding carboxylic acids is 1. The van der Waals surface area contributed by atoms with Crippen molar-refractivity contribution in [2.24, 2.45) is 10.9 Å². The maximum absolute atomic E-state index is 14.1. The number of nitrogens with one attached hydrogen (secondary N) is 1. The van der Waals surface area contributed by atoms with Crippen molar-refractivity contribution >= 4 is 12.1 Å². The fourth-order valence-electron chi connectivity index (χ4n) is 4.06. The monoisotopic (exact) mass is 378 g/mol. The smallest absolute Gasteiger partial charge is 0.220 e. The Labute approximate surface area is 164 Å². The van der Waals surface area contributed by atoms with Gasteiger partial charge in [-0.25, -0.2) is 4.39 Å². The molecule has 2 aliphatic heterocycles. The van der Waals surface area contributed by atoms with Crippen LogP contribution in [0.1, 0.15) is 17.5 Å². The second-order valence-corrected chi connectivity index (χ2v) is 7.38. The topological polar surface area (TPSA) is 50.7 Å². The van der Waals surface area contributed by atoms with Crippen molar-refractivity contribution in [1.29, 1.82) is 0 Å². The summed E-state index contributed by atoms with van der Waals surface area (Å²) in [5.74, 6) is -0.294. The third-order valence-corrected chi connectivity index (χ3v) is 5.42. The Kier molecular flexibility index (Phi) is 5.35. The SMILES string of the molecule is O=C1CC(C(OCc2ccccc2F)C2(Cc3ccccc3)C=CC=N2)CN1. The molecule has 144 valence electrons. The minimum absolute atomic E-state index is 0.0188. The predicted octanol–water partition coefficient (Wildman–Crippen LogP) is 3.47. The van der Waals surface area contributed by atoms with Crippen molar-refractivity contribution in [3.8, 4) is 0 Å². The zero-order chi connectivity index (χ0) is 19.4. The van der Waals surface area contributed by atoms with Gasteiger partial charge < -0.3 is 10.1 Å². The fourth-order valence-corrected chi connectivity index (χ4v) is 4.06. The lowest BCUT2D eigenvalue weighted by molar-refractivity contribution is -0.120. The Morgan fingerprint density at radius 3 is 2.64 bits per heavy atom. The van der Waals surface area contributed by atoms with Crippen molar-refractivity contribution in [2.75, 3.05) is 6.54 Å². The molecule has 2 aromatic carbocycles. The Morgan fingerprint density at radius 1 is 1.18 bits per heavy atom. The molecular weight excluding hydrogens is 355 g/mol. The molecule has 1 amide bonds. The lowest BCUT2D eigenvalue weighted by Gasteiger charge is -2.37. The van der Waals surface area contributed by atoms with E-state index in [1.807, 2.05) is 24.3 Å². The van der Waals surface area contributed by atoms with E-state index in [0.717, 1.165) is 5.56 Å². The molecule has 1 fully saturated rings. The van der Waals surface area contributed by atoms with Crippen LogP contribution in [0.5, 0.6) is 0 Å². The summed E-state index contributed by atoms with van der Waals surface area (Å²) in [4.78, 5) is 16.7. The lowest BCUT2D eigenvalue weighted by Crippen LogP contribution is -2.47. The summed E-state index contributed by atoms with van der Waals surface area (Å²) in [6.45, 7) is 0.683. The molecule has 2 aliphatic rings. The quantitative estimate of drug-likeness (QED) is 0.802. The largest absolute Gasteiger partial charge is 0.370 e. The number of benzene rings is 2. The normalized spacial score (nSPS) is 24.5. The van der Waals surface area contributed by atoms with E-state index in [-0.39, 0.29) is 30.4 Å². The molecule has 5 heteroatoms. The number of amides is 1. The molecule has 1 N–H and O–H groups in total. The average Bonchev–Trinajstić information content (AvgIpc) is 3.34. The van der Waals surface area contributed by atoms with E-state index in [1.54, 1.807) is 24.4 Å². The van der Waals surface area contributed by atoms with Gasteiger partial charge in [-0.3, -0.25) is 9.79 Å². The molecule has 0 bridgehead atoms. The lowest BCUT2D eigenvalue weighted by atomic mass is 9.79. The zero-order valence-electron chi connectivity index (χ0n) is 15.6. The number of nitrogens with zero attached hydrogens (tertiary/aromatic N) is 1. The highest BCUT2D eigenvalue weighted by Crippen LogP contribution is 2.36. The van der Waals surface area contributed by atoms with E-state index >= 15 is 0 Å². The summed E-state index contributed by atoms with van der Waals surface area (Å²) in [5, 5.41) is 2.90. The van der Waals surface area contributed by atoms with Crippen LogP contribution in [0.15, 0.2) is 71.7 Å². The van der Waals surface area contributed by atoms with Crippen molar-refractivity contribution < 1.29 is 13.9 Å². The van der Waals surface area contributed by atoms with Crippen molar-refractivity contribution in [2.45, 2.75) is 31.1 Å². The molecule has 4 nitrogen and oxygen atoms in total. The van der Waals surface area contributed by atoms with Gasteiger partial charge in [-0.2, -0.15) is 0 Å². The first-order valence-corrected chi connectivity index (χ1v) is 9.55. The van der Waals surface area contributed by atoms with Crippen LogP contribution in [0, 0.1) is 11.7 Å². The number of hydrogen-bond acceptors (Lipinski definition) is 3. The van der Waals surface area contributed by atoms with Crippen molar-refractivity contribution in [1.82, 2.24) is 5.32 Å². The predicted molar refractivity (Wildman–Crippen MR) is 107 cm³/mol. The zero-order valence-corrected chi connectivity index (χ0v) is 15.6. The van der Waals surface area contributed by atoms with Gasteiger partial charge >= 0.3 is 0 Å². The van der Waals surface area contributed by atoms with Crippen LogP contribution in [-0.4, -0.2) is 30.3 Å². The molecule has 2 aromatic rings. The first kappa shape index (κ1) is 18.6. The van der Waals surface area contributed by atoms with Crippen LogP contribution in [0.25, 0.3) is 0 Å². The molecule has 3 atom stereocenters. The van der Waals surface area contributed by atoms with Crippen molar-refractivity contribution in [3.05, 3.63) is 83.7 Å². The van der Waals surface area contributed by atoms with Gasteiger partial charge in [0.15, 0.2) is 0 Å². The molecular formula is C23H23FN2O2. The molecule has 1 saturated heterocycles. The second kappa shape index (κ2) is 8.07. The number of halogens is 1. The number of allylic oxidation sites excluding steroid dienone is 1. The minimum Gasteiger partial charge on any atom is -0.370 e. The molecule has 0 aliphatic carbocycles. The van der Waals surface area contributed by atoms with Gasteiger partial charge in [0, 0.05) is 37.1 Å². The Balaban J connectivity index is 1.63. The van der Waals surface area contributed by atoms with Gasteiger partial charge in [0.1, 0.15) is 11.4 Å². The van der Waals surface area contributed by atoms with E-state index in [2.05, 4.69) is 23.5 Å². The molecule has 0 spiro atoms. The van der Waals surface area contributed by atoms with Crippen LogP contribution >= 0.6 is 0 Å². The number of aliphatic imine (C=N–C) groups is 1. The van der Waals surface area contributed by atoms with Crippen molar-refractivity contribution in [3.63, 3.8) is 0 Å². The van der Waals surface area contributed by atoms with Gasteiger partial charge in [0.25, 0.3) is 0 Å². The Hall–Kier alpha value is -2.79. The first-order chi connectivity index (χ1) is 13.7. The van der Waals surface area contributed by atoms with Gasteiger partial charge in [-0.1, -0.05) is 54.6 Å². The highest BCUT2D eigenvalue weighted by atomic mass is 19.1. The van der Waals surface area contributed by atoms with E-state index in [1.165, 1.54) is 6.07 Å². The van der Waals surface area contributed by atoms with E-state index in [4.69, 9.17) is 9.73 Å². The summed E-state index contributed by atoms with van der Waals surface area (Å²) in [5.41, 5.74) is 1.04. The van der Waals surface area contributed by atoms with Gasteiger partial charge in [0.2, 0.25) is 5.91 Å². The van der Waals surface area contributed by atoms with E-state index < -0.39 is 5.54 Å². The molecule has 3 unspecified atom stereocenters. The first-order valence-electron chi connectivity index (χ1n) is 9.55. The summed E-state index contributed by atoms with van der Waals surface area (Å²) in [6.07, 6.45) is 6.46. The van der Waals surface area contributed by atoms with Gasteiger partial charge in [-0.15, -0.1) is 0 Å². The molecule has 2 heterocycles. The molecule has 0 saturated carbocycles. The van der Waals surface area contributed by atoms with Crippen LogP contribution < -0.4 is 5.32 Å². The number of hydrogen-bond donors (Lipinski definition) is 1. The van der Waals surface area contributed by atoms with E-state index in [9.17, 15) is 9.18 Å². The number of rotatable bonds is 7. The standard InChI is InChI=1S/C23H23FN2O2/c24-20-10-5-4-9-18(20)16-28-22(19-13-21(27)25-15-19)23(11-6-12-26-23)14-17-7-2-1-3-8-17/h1-12,19,22H,13-16H2,(H,25,27). The highest BCUT2D eigenvalue weighted by molar-refractivity contribution is 5.79. The number of carbonyl (C=O) groups is 1. The molecule has 0 aromatic heterocycles. The van der Waals surface area contributed by atoms with Gasteiger partial charge in [0.05, 0.1) is 12.7 Å². The summed E-state index contributed by atoms with van der Waals surface area (Å²) in [6, 6.07) is 16.7.